The van der Waals surface area contributed by atoms with Gasteiger partial charge in [0, 0.05) is 25.7 Å². The molecule has 0 bridgehead atoms. The molecule has 0 unspecified atom stereocenters. The number of hydrogen-bond donors (Lipinski definition) is 2. The molecule has 0 radical (unpaired) electrons. The van der Waals surface area contributed by atoms with Crippen LogP contribution in [0.5, 0.6) is 5.75 Å². The molecular formula is C28H25N9O5. The van der Waals surface area contributed by atoms with Crippen molar-refractivity contribution in [2.24, 2.45) is 0 Å². The van der Waals surface area contributed by atoms with Crippen molar-refractivity contribution in [3.05, 3.63) is 78.2 Å². The molecule has 0 fully saturated rings. The number of fused-ring (bicyclic) bond motifs is 2. The van der Waals surface area contributed by atoms with Crippen LogP contribution in [0.1, 0.15) is 40.0 Å². The standard InChI is InChI=1S/C28H25N9O5/c38-24(39)7-3-12-35-17-18(15-30-35)31-28-29-16-23-25(32-28)37(34-33-23)19-8-10-20(11-9-19)42-14-4-13-36-26(40)21-5-1-2-6-22(21)27(36)41/h1-2,5-6,8-11,15-17H,3-4,7,12-14H2,(H,38,39)(H,29,31,32). The van der Waals surface area contributed by atoms with Gasteiger partial charge in [-0.05, 0) is 49.2 Å². The van der Waals surface area contributed by atoms with Crippen LogP contribution in [0.15, 0.2) is 67.1 Å². The molecule has 2 aromatic carbocycles. The Morgan fingerprint density at radius 1 is 0.952 bits per heavy atom. The van der Waals surface area contributed by atoms with Gasteiger partial charge in [-0.15, -0.1) is 5.10 Å². The maximum atomic E-state index is 12.5. The number of nitrogens with one attached hydrogen (secondary N) is 1. The number of amides is 2. The first kappa shape index (κ1) is 26.6. The number of carbonyl (C=O) groups excluding carboxylic acids is 2. The third-order valence-corrected chi connectivity index (χ3v) is 6.61. The second-order valence-electron chi connectivity index (χ2n) is 9.52. The van der Waals surface area contributed by atoms with E-state index in [0.29, 0.717) is 71.4 Å². The third kappa shape index (κ3) is 5.50. The molecule has 4 heterocycles. The zero-order valence-electron chi connectivity index (χ0n) is 22.3. The van der Waals surface area contributed by atoms with E-state index < -0.39 is 5.97 Å². The first-order chi connectivity index (χ1) is 20.5. The summed E-state index contributed by atoms with van der Waals surface area (Å²) in [5.74, 6) is -0.431. The molecule has 0 atom stereocenters. The lowest BCUT2D eigenvalue weighted by Gasteiger charge is -2.14. The number of rotatable bonds is 12. The lowest BCUT2D eigenvalue weighted by Crippen LogP contribution is -2.31. The highest BCUT2D eigenvalue weighted by Gasteiger charge is 2.34. The maximum Gasteiger partial charge on any atom is 0.303 e. The lowest BCUT2D eigenvalue weighted by molar-refractivity contribution is -0.137. The number of carboxylic acid groups (broad SMARTS) is 1. The average Bonchev–Trinajstić information content (AvgIpc) is 3.69. The van der Waals surface area contributed by atoms with E-state index in [2.05, 4.69) is 30.7 Å². The molecule has 14 heteroatoms. The van der Waals surface area contributed by atoms with Crippen LogP contribution in [-0.4, -0.2) is 75.7 Å². The van der Waals surface area contributed by atoms with Gasteiger partial charge < -0.3 is 15.2 Å². The van der Waals surface area contributed by atoms with Crippen molar-refractivity contribution >= 4 is 40.6 Å². The van der Waals surface area contributed by atoms with E-state index in [1.807, 2.05) is 12.1 Å². The molecule has 0 spiro atoms. The number of nitrogens with zero attached hydrogens (tertiary/aromatic N) is 8. The van der Waals surface area contributed by atoms with Gasteiger partial charge in [0.25, 0.3) is 11.8 Å². The Morgan fingerprint density at radius 3 is 2.45 bits per heavy atom. The minimum Gasteiger partial charge on any atom is -0.494 e. The summed E-state index contributed by atoms with van der Waals surface area (Å²) >= 11 is 0. The third-order valence-electron chi connectivity index (χ3n) is 6.61. The molecule has 2 N–H and O–H groups in total. The molecule has 2 amide bonds. The Balaban J connectivity index is 1.05. The predicted octanol–water partition coefficient (Wildman–Crippen LogP) is 3.08. The first-order valence-electron chi connectivity index (χ1n) is 13.2. The number of aliphatic carboxylic acids is 1. The van der Waals surface area contributed by atoms with Gasteiger partial charge >= 0.3 is 5.97 Å². The normalized spacial score (nSPS) is 12.6. The number of ether oxygens (including phenoxy) is 1. The number of imide groups is 1. The average molecular weight is 568 g/mol. The number of aromatic nitrogens is 7. The van der Waals surface area contributed by atoms with Crippen LogP contribution in [0, 0.1) is 0 Å². The van der Waals surface area contributed by atoms with Crippen LogP contribution in [0.3, 0.4) is 0 Å². The number of benzene rings is 2. The highest BCUT2D eigenvalue weighted by atomic mass is 16.5. The molecule has 5 aromatic rings. The molecule has 0 saturated carbocycles. The van der Waals surface area contributed by atoms with Gasteiger partial charge in [-0.3, -0.25) is 24.0 Å². The smallest absolute Gasteiger partial charge is 0.303 e. The van der Waals surface area contributed by atoms with Crippen LogP contribution < -0.4 is 10.1 Å². The van der Waals surface area contributed by atoms with Crippen molar-refractivity contribution in [2.75, 3.05) is 18.5 Å². The fourth-order valence-electron chi connectivity index (χ4n) is 4.57. The molecule has 3 aromatic heterocycles. The van der Waals surface area contributed by atoms with Gasteiger partial charge in [-0.25, -0.2) is 4.98 Å². The molecule has 0 aliphatic carbocycles. The molecule has 14 nitrogen and oxygen atoms in total. The van der Waals surface area contributed by atoms with E-state index in [1.54, 1.807) is 64.4 Å². The van der Waals surface area contributed by atoms with E-state index in [1.165, 1.54) is 4.90 Å². The van der Waals surface area contributed by atoms with Crippen LogP contribution in [0.2, 0.25) is 0 Å². The zero-order valence-corrected chi connectivity index (χ0v) is 22.3. The summed E-state index contributed by atoms with van der Waals surface area (Å²) < 4.78 is 9.07. The summed E-state index contributed by atoms with van der Waals surface area (Å²) in [5, 5.41) is 24.5. The summed E-state index contributed by atoms with van der Waals surface area (Å²) in [4.78, 5) is 45.8. The molecule has 1 aliphatic heterocycles. The van der Waals surface area contributed by atoms with E-state index >= 15 is 0 Å². The summed E-state index contributed by atoms with van der Waals surface area (Å²) in [6, 6.07) is 14.1. The minimum atomic E-state index is -0.841. The van der Waals surface area contributed by atoms with Crippen molar-refractivity contribution < 1.29 is 24.2 Å². The second-order valence-corrected chi connectivity index (χ2v) is 9.52. The highest BCUT2D eigenvalue weighted by Crippen LogP contribution is 2.23. The van der Waals surface area contributed by atoms with Crippen molar-refractivity contribution in [1.29, 1.82) is 0 Å². The Labute approximate surface area is 238 Å². The van der Waals surface area contributed by atoms with Crippen molar-refractivity contribution in [3.8, 4) is 11.4 Å². The number of aryl methyl sites for hydroxylation is 1. The van der Waals surface area contributed by atoms with E-state index in [0.717, 1.165) is 0 Å². The second kappa shape index (κ2) is 11.4. The van der Waals surface area contributed by atoms with Crippen molar-refractivity contribution in [3.63, 3.8) is 0 Å². The lowest BCUT2D eigenvalue weighted by atomic mass is 10.1. The first-order valence-corrected chi connectivity index (χ1v) is 13.2. The minimum absolute atomic E-state index is 0.0746. The van der Waals surface area contributed by atoms with Gasteiger partial charge in [0.2, 0.25) is 5.95 Å². The topological polar surface area (TPSA) is 170 Å². The Hall–Kier alpha value is -5.66. The largest absolute Gasteiger partial charge is 0.494 e. The van der Waals surface area contributed by atoms with E-state index in [4.69, 9.17) is 9.84 Å². The number of anilines is 2. The highest BCUT2D eigenvalue weighted by molar-refractivity contribution is 6.21. The number of carboxylic acids is 1. The molecule has 1 aliphatic rings. The Bertz CT molecular complexity index is 1750. The Morgan fingerprint density at radius 2 is 1.71 bits per heavy atom. The zero-order chi connectivity index (χ0) is 29.1. The van der Waals surface area contributed by atoms with Gasteiger partial charge in [0.05, 0.1) is 41.5 Å². The van der Waals surface area contributed by atoms with E-state index in [9.17, 15) is 14.4 Å². The van der Waals surface area contributed by atoms with Crippen LogP contribution in [-0.2, 0) is 11.3 Å². The van der Waals surface area contributed by atoms with Crippen LogP contribution >= 0.6 is 0 Å². The van der Waals surface area contributed by atoms with Gasteiger partial charge in [-0.2, -0.15) is 14.8 Å². The monoisotopic (exact) mass is 567 g/mol. The molecule has 42 heavy (non-hydrogen) atoms. The fraction of sp³-hybridized carbons (Fsp3) is 0.214. The van der Waals surface area contributed by atoms with Crippen molar-refractivity contribution in [1.82, 2.24) is 39.6 Å². The van der Waals surface area contributed by atoms with Crippen molar-refractivity contribution in [2.45, 2.75) is 25.8 Å². The van der Waals surface area contributed by atoms with Gasteiger partial charge in [0.15, 0.2) is 11.2 Å². The van der Waals surface area contributed by atoms with Gasteiger partial charge in [0.1, 0.15) is 5.75 Å². The Kier molecular flexibility index (Phi) is 7.24. The summed E-state index contributed by atoms with van der Waals surface area (Å²) in [6.45, 7) is 1.09. The predicted molar refractivity (Wildman–Crippen MR) is 149 cm³/mol. The molecular weight excluding hydrogens is 542 g/mol. The van der Waals surface area contributed by atoms with Crippen LogP contribution in [0.4, 0.5) is 11.6 Å². The van der Waals surface area contributed by atoms with E-state index in [-0.39, 0.29) is 24.8 Å². The summed E-state index contributed by atoms with van der Waals surface area (Å²) in [7, 11) is 0. The number of hydrogen-bond acceptors (Lipinski definition) is 10. The van der Waals surface area contributed by atoms with Gasteiger partial charge in [-0.1, -0.05) is 17.3 Å². The molecule has 6 rings (SSSR count). The quantitative estimate of drug-likeness (QED) is 0.168. The fourth-order valence-corrected chi connectivity index (χ4v) is 4.57. The maximum absolute atomic E-state index is 12.5. The summed E-state index contributed by atoms with van der Waals surface area (Å²) in [6.07, 6.45) is 5.98. The van der Waals surface area contributed by atoms with Crippen LogP contribution in [0.25, 0.3) is 16.9 Å². The number of carbonyl (C=O) groups is 3. The summed E-state index contributed by atoms with van der Waals surface area (Å²) in [5.41, 5.74) is 3.26. The SMILES string of the molecule is O=C(O)CCCn1cc(Nc2ncc3nnn(-c4ccc(OCCCN5C(=O)c6ccccc6C5=O)cc4)c3n2)cn1. The molecule has 0 saturated heterocycles. The molecule has 212 valence electrons.